The average Bonchev–Trinajstić information content (AvgIpc) is 3.50. The molecular weight excluding hydrogens is 706 g/mol. The summed E-state index contributed by atoms with van der Waals surface area (Å²) in [7, 11) is 1.59. The smallest absolute Gasteiger partial charge is 0.316 e. The summed E-state index contributed by atoms with van der Waals surface area (Å²) < 4.78 is 45.2. The highest BCUT2D eigenvalue weighted by molar-refractivity contribution is 5.78. The van der Waals surface area contributed by atoms with Gasteiger partial charge in [0.15, 0.2) is 12.1 Å². The number of hydrogen-bond donors (Lipinski definition) is 4. The van der Waals surface area contributed by atoms with Gasteiger partial charge in [-0.25, -0.2) is 0 Å². The number of nitrogens with one attached hydrogen (secondary N) is 1. The molecular formula is C43H65NO11. The van der Waals surface area contributed by atoms with Crippen LogP contribution in [-0.4, -0.2) is 108 Å². The highest BCUT2D eigenvalue weighted by atomic mass is 16.7. The zero-order valence-electron chi connectivity index (χ0n) is 33.6. The molecule has 7 rings (SSSR count). The molecule has 0 aromatic carbocycles. The van der Waals surface area contributed by atoms with Gasteiger partial charge < -0.3 is 48.6 Å². The van der Waals surface area contributed by atoms with Gasteiger partial charge in [0, 0.05) is 38.7 Å². The first-order valence-corrected chi connectivity index (χ1v) is 20.9. The van der Waals surface area contributed by atoms with Gasteiger partial charge in [-0.3, -0.25) is 4.79 Å². The number of esters is 1. The molecule has 5 aliphatic heterocycles. The van der Waals surface area contributed by atoms with Gasteiger partial charge in [0.2, 0.25) is 0 Å². The Morgan fingerprint density at radius 3 is 2.53 bits per heavy atom. The molecule has 0 aromatic heterocycles. The molecule has 55 heavy (non-hydrogen) atoms. The average molecular weight is 772 g/mol. The first-order valence-electron chi connectivity index (χ1n) is 20.9. The van der Waals surface area contributed by atoms with Gasteiger partial charge in [0.25, 0.3) is 0 Å². The number of hydroxylamine groups is 1. The van der Waals surface area contributed by atoms with Crippen molar-refractivity contribution in [1.29, 1.82) is 0 Å². The Morgan fingerprint density at radius 1 is 1.00 bits per heavy atom. The molecule has 4 N–H and O–H groups in total. The zero-order chi connectivity index (χ0) is 39.1. The molecule has 308 valence electrons. The number of rotatable bonds is 5. The molecule has 5 fully saturated rings. The summed E-state index contributed by atoms with van der Waals surface area (Å²) in [6.45, 7) is 10.1. The van der Waals surface area contributed by atoms with E-state index in [1.54, 1.807) is 19.3 Å². The van der Waals surface area contributed by atoms with Crippen molar-refractivity contribution in [2.45, 2.75) is 178 Å². The van der Waals surface area contributed by atoms with E-state index in [0.29, 0.717) is 55.1 Å². The van der Waals surface area contributed by atoms with Gasteiger partial charge in [0.1, 0.15) is 29.8 Å². The Balaban J connectivity index is 1.24. The number of aliphatic hydroxyl groups is 2. The second kappa shape index (κ2) is 17.1. The van der Waals surface area contributed by atoms with Crippen LogP contribution >= 0.6 is 0 Å². The normalized spacial score (nSPS) is 48.5. The van der Waals surface area contributed by atoms with Crippen LogP contribution in [0.3, 0.4) is 0 Å². The molecule has 0 aromatic rings. The van der Waals surface area contributed by atoms with E-state index in [0.717, 1.165) is 24.8 Å². The van der Waals surface area contributed by atoms with Crippen molar-refractivity contribution in [3.05, 3.63) is 47.1 Å². The van der Waals surface area contributed by atoms with E-state index >= 15 is 0 Å². The summed E-state index contributed by atoms with van der Waals surface area (Å²) >= 11 is 0. The molecule has 2 bridgehead atoms. The Labute approximate surface area is 326 Å². The first kappa shape index (κ1) is 41.2. The minimum absolute atomic E-state index is 0.0768. The van der Waals surface area contributed by atoms with E-state index in [2.05, 4.69) is 32.3 Å². The number of fused-ring (bicyclic) bond motifs is 2. The van der Waals surface area contributed by atoms with Crippen LogP contribution in [-0.2, 0) is 38.0 Å². The van der Waals surface area contributed by atoms with Crippen LogP contribution in [0.2, 0.25) is 0 Å². The van der Waals surface area contributed by atoms with Crippen molar-refractivity contribution in [3.8, 4) is 0 Å². The third kappa shape index (κ3) is 8.33. The van der Waals surface area contributed by atoms with Crippen LogP contribution in [0.1, 0.15) is 105 Å². The molecule has 7 aliphatic rings. The Kier molecular flexibility index (Phi) is 12.8. The molecule has 1 saturated carbocycles. The minimum Gasteiger partial charge on any atom is -0.462 e. The largest absolute Gasteiger partial charge is 0.462 e. The molecule has 2 unspecified atom stereocenters. The van der Waals surface area contributed by atoms with E-state index in [-0.39, 0.29) is 24.7 Å². The van der Waals surface area contributed by atoms with Crippen molar-refractivity contribution in [3.63, 3.8) is 0 Å². The number of methoxy groups -OCH3 is 1. The van der Waals surface area contributed by atoms with E-state index in [4.69, 9.17) is 33.2 Å². The summed E-state index contributed by atoms with van der Waals surface area (Å²) in [5.74, 6) is -1.73. The molecule has 12 nitrogen and oxygen atoms in total. The lowest BCUT2D eigenvalue weighted by Gasteiger charge is -2.51. The van der Waals surface area contributed by atoms with Gasteiger partial charge >= 0.3 is 5.97 Å². The lowest BCUT2D eigenvalue weighted by molar-refractivity contribution is -0.342. The van der Waals surface area contributed by atoms with Gasteiger partial charge in [0.05, 0.1) is 43.2 Å². The van der Waals surface area contributed by atoms with Crippen molar-refractivity contribution in [1.82, 2.24) is 5.48 Å². The lowest BCUT2D eigenvalue weighted by Crippen LogP contribution is -2.61. The van der Waals surface area contributed by atoms with Crippen LogP contribution in [0.4, 0.5) is 0 Å². The van der Waals surface area contributed by atoms with Crippen LogP contribution in [0, 0.1) is 23.7 Å². The van der Waals surface area contributed by atoms with Crippen LogP contribution in [0.15, 0.2) is 47.1 Å². The molecule has 1 spiro atoms. The van der Waals surface area contributed by atoms with E-state index < -0.39 is 72.2 Å². The number of ether oxygens (including phenoxy) is 7. The zero-order valence-corrected chi connectivity index (χ0v) is 33.6. The molecule has 15 atom stereocenters. The number of hydrogen-bond acceptors (Lipinski definition) is 12. The van der Waals surface area contributed by atoms with Gasteiger partial charge in [-0.15, -0.1) is 0 Å². The van der Waals surface area contributed by atoms with Crippen molar-refractivity contribution in [2.24, 2.45) is 23.7 Å². The first-order chi connectivity index (χ1) is 26.4. The standard InChI is InChI=1S/C43H65NO11/c1-24-11-10-14-30-23-50-40-36(44-48)27(4)19-33(43(30,40)47)41(46)52-32-20-31(16-15-25(2)38(24)53-35-21-34(49-6)37(45)28(5)51-35)54-42(22-32)18-17-26(3)39(55-42)29-12-8-7-9-13-29/h10-11,14-15,19,24,26,28-29,31-40,44-45,47-48H,7-9,12-13,16-18,20-23H2,1-6H3/b11-10+,25-15+,30-14+/t24-,26-,28-,31?,32-,33-,34-,35-,36+,37-,38?,39-,40+,42+,43+/m0/s1. The highest BCUT2D eigenvalue weighted by Gasteiger charge is 2.60. The number of carbonyl (C=O) groups is 1. The molecule has 0 amide bonds. The summed E-state index contributed by atoms with van der Waals surface area (Å²) in [5.41, 5.74) is 2.75. The highest BCUT2D eigenvalue weighted by Crippen LogP contribution is 2.49. The summed E-state index contributed by atoms with van der Waals surface area (Å²) in [6, 6.07) is -0.712. The summed E-state index contributed by atoms with van der Waals surface area (Å²) in [5, 5.41) is 33.4. The Hall–Kier alpha value is -1.97. The lowest BCUT2D eigenvalue weighted by atomic mass is 9.70. The SMILES string of the molecule is CO[C@H]1C[C@H](OC2/C(C)=C/CC3C[C@@H](C[C@]4(CC[C@H](C)[C@@H](C5CCCCC5)O4)O3)OC(=O)[C@@H]3C=C(C)[C@@H](NO)[C@H]4OC/C(=C\C=C\[C@@H]2C)[C@]43O)O[C@@H](C)[C@@H]1O. The third-order valence-corrected chi connectivity index (χ3v) is 13.8. The molecule has 12 heteroatoms. The fourth-order valence-corrected chi connectivity index (χ4v) is 10.6. The number of aliphatic hydroxyl groups excluding tert-OH is 1. The topological polar surface area (TPSA) is 154 Å². The fourth-order valence-electron chi connectivity index (χ4n) is 10.6. The van der Waals surface area contributed by atoms with Crippen molar-refractivity contribution < 1.29 is 53.4 Å². The minimum atomic E-state index is -1.76. The predicted molar refractivity (Wildman–Crippen MR) is 203 cm³/mol. The van der Waals surface area contributed by atoms with Crippen molar-refractivity contribution in [2.75, 3.05) is 13.7 Å². The third-order valence-electron chi connectivity index (χ3n) is 13.8. The van der Waals surface area contributed by atoms with Crippen LogP contribution in [0.25, 0.3) is 0 Å². The Morgan fingerprint density at radius 2 is 1.78 bits per heavy atom. The molecule has 4 saturated heterocycles. The van der Waals surface area contributed by atoms with E-state index in [1.807, 2.05) is 26.0 Å². The Bertz CT molecular complexity index is 1490. The van der Waals surface area contributed by atoms with Gasteiger partial charge in [-0.05, 0) is 69.4 Å². The molecule has 2 aliphatic carbocycles. The number of carbonyl (C=O) groups excluding carboxylic acids is 1. The monoisotopic (exact) mass is 771 g/mol. The van der Waals surface area contributed by atoms with E-state index in [1.165, 1.54) is 19.3 Å². The maximum absolute atomic E-state index is 14.4. The van der Waals surface area contributed by atoms with Crippen LogP contribution < -0.4 is 5.48 Å². The van der Waals surface area contributed by atoms with E-state index in [9.17, 15) is 20.2 Å². The molecule has 0 radical (unpaired) electrons. The fraction of sp³-hybridized carbons (Fsp3) is 0.791. The summed E-state index contributed by atoms with van der Waals surface area (Å²) in [6.07, 6.45) is 14.8. The van der Waals surface area contributed by atoms with Crippen molar-refractivity contribution >= 4 is 5.97 Å². The summed E-state index contributed by atoms with van der Waals surface area (Å²) in [4.78, 5) is 14.4. The van der Waals surface area contributed by atoms with Gasteiger partial charge in [-0.1, -0.05) is 69.1 Å². The number of allylic oxidation sites excluding steroid dienone is 2. The second-order valence-electron chi connectivity index (χ2n) is 17.6. The predicted octanol–water partition coefficient (Wildman–Crippen LogP) is 5.59. The van der Waals surface area contributed by atoms with Crippen LogP contribution in [0.5, 0.6) is 0 Å². The quantitative estimate of drug-likeness (QED) is 0.157. The second-order valence-corrected chi connectivity index (χ2v) is 17.6. The maximum Gasteiger partial charge on any atom is 0.316 e. The van der Waals surface area contributed by atoms with Gasteiger partial charge in [-0.2, -0.15) is 5.48 Å². The molecule has 5 heterocycles. The maximum atomic E-state index is 14.4.